The lowest BCUT2D eigenvalue weighted by molar-refractivity contribution is 0.476. The first-order valence-electron chi connectivity index (χ1n) is 7.16. The van der Waals surface area contributed by atoms with E-state index in [9.17, 15) is 5.11 Å². The normalized spacial score (nSPS) is 11.3. The second-order valence-electron chi connectivity index (χ2n) is 4.86. The van der Waals surface area contributed by atoms with Gasteiger partial charge < -0.3 is 5.11 Å². The number of rotatable bonds is 5. The summed E-state index contributed by atoms with van der Waals surface area (Å²) >= 11 is 0. The molecule has 0 heterocycles. The maximum Gasteiger partial charge on any atom is 0.132 e. The lowest BCUT2D eigenvalue weighted by Crippen LogP contribution is -2.00. The number of aliphatic imine (C=N–C) groups is 1. The molecule has 0 aliphatic rings. The summed E-state index contributed by atoms with van der Waals surface area (Å²) in [5.74, 6) is 0.299. The van der Waals surface area contributed by atoms with Crippen molar-refractivity contribution in [2.45, 2.75) is 32.7 Å². The zero-order valence-corrected chi connectivity index (χ0v) is 12.1. The van der Waals surface area contributed by atoms with E-state index in [2.05, 4.69) is 18.8 Å². The Kier molecular flexibility index (Phi) is 4.94. The first kappa shape index (κ1) is 14.3. The summed E-state index contributed by atoms with van der Waals surface area (Å²) in [4.78, 5) is 4.54. The average Bonchev–Trinajstić information content (AvgIpc) is 2.50. The zero-order chi connectivity index (χ0) is 14.4. The Hall–Kier alpha value is -2.09. The van der Waals surface area contributed by atoms with E-state index in [0.717, 1.165) is 29.5 Å². The quantitative estimate of drug-likeness (QED) is 0.785. The highest BCUT2D eigenvalue weighted by Gasteiger charge is 2.07. The number of hydrogen-bond donors (Lipinski definition) is 1. The zero-order valence-electron chi connectivity index (χ0n) is 12.1. The molecule has 0 unspecified atom stereocenters. The molecule has 0 aliphatic carbocycles. The van der Waals surface area contributed by atoms with Gasteiger partial charge in [0.15, 0.2) is 0 Å². The summed E-state index contributed by atoms with van der Waals surface area (Å²) in [5.41, 5.74) is 2.64. The SMILES string of the molecule is CCC(CC)N=Cc1cccc(-c2ccccc2)c1O. The highest BCUT2D eigenvalue weighted by Crippen LogP contribution is 2.31. The molecule has 0 bridgehead atoms. The topological polar surface area (TPSA) is 32.6 Å². The van der Waals surface area contributed by atoms with Gasteiger partial charge in [-0.2, -0.15) is 0 Å². The molecule has 0 spiro atoms. The van der Waals surface area contributed by atoms with Gasteiger partial charge in [-0.3, -0.25) is 4.99 Å². The molecule has 0 saturated heterocycles. The fourth-order valence-electron chi connectivity index (χ4n) is 2.20. The highest BCUT2D eigenvalue weighted by molar-refractivity contribution is 5.88. The standard InChI is InChI=1S/C18H21NO/c1-3-16(4-2)19-13-15-11-8-12-17(18(15)20)14-9-6-5-7-10-14/h5-13,16,20H,3-4H2,1-2H3. The monoisotopic (exact) mass is 267 g/mol. The molecule has 2 heteroatoms. The van der Waals surface area contributed by atoms with Crippen LogP contribution in [0.15, 0.2) is 53.5 Å². The van der Waals surface area contributed by atoms with Gasteiger partial charge in [0, 0.05) is 23.4 Å². The van der Waals surface area contributed by atoms with Crippen LogP contribution in [0.25, 0.3) is 11.1 Å². The molecule has 2 aromatic carbocycles. The number of para-hydroxylation sites is 1. The van der Waals surface area contributed by atoms with E-state index in [1.807, 2.05) is 48.5 Å². The highest BCUT2D eigenvalue weighted by atomic mass is 16.3. The van der Waals surface area contributed by atoms with Crippen LogP contribution in [0, 0.1) is 0 Å². The third-order valence-corrected chi connectivity index (χ3v) is 3.52. The lowest BCUT2D eigenvalue weighted by atomic mass is 10.0. The van der Waals surface area contributed by atoms with Crippen molar-refractivity contribution in [3.05, 3.63) is 54.1 Å². The van der Waals surface area contributed by atoms with E-state index < -0.39 is 0 Å². The van der Waals surface area contributed by atoms with Gasteiger partial charge in [0.1, 0.15) is 5.75 Å². The third kappa shape index (κ3) is 3.27. The molecule has 0 atom stereocenters. The molecule has 2 aromatic rings. The van der Waals surface area contributed by atoms with Crippen LogP contribution in [-0.2, 0) is 0 Å². The van der Waals surface area contributed by atoms with Crippen molar-refractivity contribution in [2.24, 2.45) is 4.99 Å². The van der Waals surface area contributed by atoms with Crippen molar-refractivity contribution in [3.63, 3.8) is 0 Å². The minimum Gasteiger partial charge on any atom is -0.507 e. The Morgan fingerprint density at radius 1 is 1.00 bits per heavy atom. The Morgan fingerprint density at radius 3 is 2.35 bits per heavy atom. The minimum atomic E-state index is 0.299. The Labute approximate surface area is 120 Å². The van der Waals surface area contributed by atoms with Crippen molar-refractivity contribution in [1.82, 2.24) is 0 Å². The predicted octanol–water partition coefficient (Wildman–Crippen LogP) is 4.67. The van der Waals surface area contributed by atoms with Gasteiger partial charge in [-0.05, 0) is 24.5 Å². The van der Waals surface area contributed by atoms with E-state index in [-0.39, 0.29) is 0 Å². The minimum absolute atomic E-state index is 0.299. The summed E-state index contributed by atoms with van der Waals surface area (Å²) in [6, 6.07) is 16.0. The summed E-state index contributed by atoms with van der Waals surface area (Å²) < 4.78 is 0. The van der Waals surface area contributed by atoms with Crippen molar-refractivity contribution in [2.75, 3.05) is 0 Å². The van der Waals surface area contributed by atoms with Gasteiger partial charge in [-0.15, -0.1) is 0 Å². The van der Waals surface area contributed by atoms with Crippen molar-refractivity contribution < 1.29 is 5.11 Å². The Morgan fingerprint density at radius 2 is 1.70 bits per heavy atom. The summed E-state index contributed by atoms with van der Waals surface area (Å²) in [5, 5.41) is 10.4. The van der Waals surface area contributed by atoms with Crippen LogP contribution in [0.4, 0.5) is 0 Å². The second-order valence-corrected chi connectivity index (χ2v) is 4.86. The third-order valence-electron chi connectivity index (χ3n) is 3.52. The summed E-state index contributed by atoms with van der Waals surface area (Å²) in [6.45, 7) is 4.26. The number of phenols is 1. The van der Waals surface area contributed by atoms with Gasteiger partial charge in [0.25, 0.3) is 0 Å². The number of nitrogens with zero attached hydrogens (tertiary/aromatic N) is 1. The molecular formula is C18H21NO. The molecular weight excluding hydrogens is 246 g/mol. The maximum atomic E-state index is 10.4. The van der Waals surface area contributed by atoms with Crippen LogP contribution < -0.4 is 0 Å². The first-order valence-corrected chi connectivity index (χ1v) is 7.16. The second kappa shape index (κ2) is 6.90. The molecule has 2 rings (SSSR count). The first-order chi connectivity index (χ1) is 9.76. The van der Waals surface area contributed by atoms with E-state index in [0.29, 0.717) is 11.8 Å². The summed E-state index contributed by atoms with van der Waals surface area (Å²) in [6.07, 6.45) is 3.83. The molecule has 20 heavy (non-hydrogen) atoms. The van der Waals surface area contributed by atoms with E-state index in [1.54, 1.807) is 6.21 Å². The fraction of sp³-hybridized carbons (Fsp3) is 0.278. The van der Waals surface area contributed by atoms with Crippen LogP contribution >= 0.6 is 0 Å². The predicted molar refractivity (Wildman–Crippen MR) is 85.5 cm³/mol. The van der Waals surface area contributed by atoms with Gasteiger partial charge in [0.2, 0.25) is 0 Å². The Bertz CT molecular complexity index is 571. The number of benzene rings is 2. The van der Waals surface area contributed by atoms with E-state index >= 15 is 0 Å². The maximum absolute atomic E-state index is 10.4. The van der Waals surface area contributed by atoms with E-state index in [1.165, 1.54) is 0 Å². The largest absolute Gasteiger partial charge is 0.507 e. The van der Waals surface area contributed by atoms with E-state index in [4.69, 9.17) is 0 Å². The molecule has 104 valence electrons. The van der Waals surface area contributed by atoms with Gasteiger partial charge in [0.05, 0.1) is 0 Å². The molecule has 2 nitrogen and oxygen atoms in total. The smallest absolute Gasteiger partial charge is 0.132 e. The number of phenolic OH excluding ortho intramolecular Hbond substituents is 1. The average molecular weight is 267 g/mol. The van der Waals surface area contributed by atoms with Crippen LogP contribution in [0.1, 0.15) is 32.3 Å². The Balaban J connectivity index is 2.33. The van der Waals surface area contributed by atoms with Gasteiger partial charge >= 0.3 is 0 Å². The molecule has 0 aliphatic heterocycles. The number of aromatic hydroxyl groups is 1. The molecule has 0 amide bonds. The molecule has 0 saturated carbocycles. The lowest BCUT2D eigenvalue weighted by Gasteiger charge is -2.09. The van der Waals surface area contributed by atoms with Crippen molar-refractivity contribution >= 4 is 6.21 Å². The van der Waals surface area contributed by atoms with Gasteiger partial charge in [-0.25, -0.2) is 0 Å². The van der Waals surface area contributed by atoms with Crippen LogP contribution in [0.2, 0.25) is 0 Å². The van der Waals surface area contributed by atoms with Crippen LogP contribution in [-0.4, -0.2) is 17.4 Å². The van der Waals surface area contributed by atoms with Gasteiger partial charge in [-0.1, -0.05) is 56.3 Å². The molecule has 0 fully saturated rings. The number of hydrogen-bond acceptors (Lipinski definition) is 2. The van der Waals surface area contributed by atoms with Crippen LogP contribution in [0.3, 0.4) is 0 Å². The molecule has 0 radical (unpaired) electrons. The molecule has 1 N–H and O–H groups in total. The fourth-order valence-corrected chi connectivity index (χ4v) is 2.20. The molecule has 0 aromatic heterocycles. The van der Waals surface area contributed by atoms with Crippen LogP contribution in [0.5, 0.6) is 5.75 Å². The van der Waals surface area contributed by atoms with Crippen molar-refractivity contribution in [3.8, 4) is 16.9 Å². The summed E-state index contributed by atoms with van der Waals surface area (Å²) in [7, 11) is 0. The van der Waals surface area contributed by atoms with Crippen molar-refractivity contribution in [1.29, 1.82) is 0 Å².